The molecule has 2 heterocycles. The van der Waals surface area contributed by atoms with Crippen molar-refractivity contribution in [2.75, 3.05) is 20.1 Å². The number of aromatic nitrogens is 2. The fraction of sp³-hybridized carbons (Fsp3) is 0.417. The van der Waals surface area contributed by atoms with Crippen LogP contribution < -0.4 is 21.3 Å². The van der Waals surface area contributed by atoms with E-state index in [4.69, 9.17) is 0 Å². The van der Waals surface area contributed by atoms with Crippen molar-refractivity contribution >= 4 is 35.4 Å². The van der Waals surface area contributed by atoms with Crippen molar-refractivity contribution in [3.63, 3.8) is 0 Å². The molecule has 6 amide bonds. The minimum atomic E-state index is -1.10. The van der Waals surface area contributed by atoms with Crippen LogP contribution in [-0.4, -0.2) is 99.3 Å². The Morgan fingerprint density at radius 3 is 2.06 bits per heavy atom. The van der Waals surface area contributed by atoms with Crippen molar-refractivity contribution in [2.24, 2.45) is 13.0 Å². The van der Waals surface area contributed by atoms with Gasteiger partial charge in [-0.2, -0.15) is 5.10 Å². The smallest absolute Gasteiger partial charge is 0.272 e. The standard InChI is InChI=1S/C36H46N8O6/c1-22(2)31-34(48)38-23(3)32(46)40-28(26-15-11-8-12-16-26)20-44(36(50)29-17-18-37-43(29)6)21-30(45)39-27(19-25-13-9-7-10-14-25)35(49)42(5)24(4)33(47)41-31/h7-18,22-24,27-28,31H,19-21H2,1-6H3,(H,38,48)(H,39,45)(H,40,46)(H,41,47)/t23-,24-,27-,28-,31+/m0/s1. The van der Waals surface area contributed by atoms with Gasteiger partial charge in [-0.3, -0.25) is 33.4 Å². The Morgan fingerprint density at radius 1 is 0.820 bits per heavy atom. The number of carbonyl (C=O) groups is 6. The molecule has 3 aromatic rings. The quantitative estimate of drug-likeness (QED) is 0.309. The van der Waals surface area contributed by atoms with Crippen molar-refractivity contribution in [1.29, 1.82) is 0 Å². The van der Waals surface area contributed by atoms with Crippen LogP contribution in [0.1, 0.15) is 55.4 Å². The topological polar surface area (TPSA) is 175 Å². The van der Waals surface area contributed by atoms with E-state index in [1.165, 1.54) is 47.6 Å². The zero-order valence-electron chi connectivity index (χ0n) is 29.3. The third kappa shape index (κ3) is 9.33. The van der Waals surface area contributed by atoms with E-state index >= 15 is 0 Å². The second-order valence-electron chi connectivity index (χ2n) is 12.9. The fourth-order valence-electron chi connectivity index (χ4n) is 5.66. The summed E-state index contributed by atoms with van der Waals surface area (Å²) in [7, 11) is 3.05. The molecule has 14 heteroatoms. The van der Waals surface area contributed by atoms with E-state index in [9.17, 15) is 28.8 Å². The van der Waals surface area contributed by atoms with E-state index in [1.54, 1.807) is 45.2 Å². The first kappa shape index (κ1) is 37.3. The van der Waals surface area contributed by atoms with Gasteiger partial charge in [-0.05, 0) is 37.0 Å². The summed E-state index contributed by atoms with van der Waals surface area (Å²) in [5, 5.41) is 15.3. The third-order valence-corrected chi connectivity index (χ3v) is 8.81. The number of likely N-dealkylation sites (N-methyl/N-ethyl adjacent to an activating group) is 1. The molecule has 5 atom stereocenters. The van der Waals surface area contributed by atoms with Crippen LogP contribution in [0.2, 0.25) is 0 Å². The van der Waals surface area contributed by atoms with Gasteiger partial charge in [0.25, 0.3) is 5.91 Å². The highest BCUT2D eigenvalue weighted by atomic mass is 16.2. The van der Waals surface area contributed by atoms with Crippen LogP contribution >= 0.6 is 0 Å². The number of benzene rings is 2. The highest BCUT2D eigenvalue weighted by molar-refractivity contribution is 5.97. The van der Waals surface area contributed by atoms with Crippen LogP contribution in [0.3, 0.4) is 0 Å². The third-order valence-electron chi connectivity index (χ3n) is 8.81. The van der Waals surface area contributed by atoms with Crippen molar-refractivity contribution in [3.05, 3.63) is 89.7 Å². The Hall–Kier alpha value is -5.53. The summed E-state index contributed by atoms with van der Waals surface area (Å²) >= 11 is 0. The molecule has 0 bridgehead atoms. The average Bonchev–Trinajstić information content (AvgIpc) is 3.53. The SMILES string of the molecule is CC(C)[C@H]1NC(=O)[C@H](C)N(C)C(=O)[C@H](Cc2ccccc2)NC(=O)CN(C(=O)c2ccnn2C)C[C@@H](c2ccccc2)NC(=O)[C@H](C)NC1=O. The minimum absolute atomic E-state index is 0.109. The Kier molecular flexibility index (Phi) is 12.5. The maximum Gasteiger partial charge on any atom is 0.272 e. The van der Waals surface area contributed by atoms with Gasteiger partial charge in [0.15, 0.2) is 0 Å². The van der Waals surface area contributed by atoms with Crippen LogP contribution in [0, 0.1) is 5.92 Å². The fourth-order valence-corrected chi connectivity index (χ4v) is 5.66. The van der Waals surface area contributed by atoms with Gasteiger partial charge in [-0.25, -0.2) is 0 Å². The summed E-state index contributed by atoms with van der Waals surface area (Å²) in [6, 6.07) is 14.6. The lowest BCUT2D eigenvalue weighted by atomic mass is 10.0. The monoisotopic (exact) mass is 686 g/mol. The molecule has 0 spiro atoms. The van der Waals surface area contributed by atoms with Crippen LogP contribution in [0.15, 0.2) is 72.9 Å². The van der Waals surface area contributed by atoms with Gasteiger partial charge in [0.05, 0.1) is 12.6 Å². The molecule has 0 unspecified atom stereocenters. The molecule has 4 rings (SSSR count). The van der Waals surface area contributed by atoms with Gasteiger partial charge in [0.2, 0.25) is 29.5 Å². The second-order valence-corrected chi connectivity index (χ2v) is 12.9. The predicted molar refractivity (Wildman–Crippen MR) is 185 cm³/mol. The molecule has 50 heavy (non-hydrogen) atoms. The van der Waals surface area contributed by atoms with E-state index in [0.29, 0.717) is 5.56 Å². The molecule has 0 saturated carbocycles. The summed E-state index contributed by atoms with van der Waals surface area (Å²) in [6.45, 7) is 5.95. The number of hydrogen-bond acceptors (Lipinski definition) is 7. The van der Waals surface area contributed by atoms with E-state index in [2.05, 4.69) is 26.4 Å². The molecule has 1 fully saturated rings. The molecule has 266 valence electrons. The molecule has 2 aromatic carbocycles. The van der Waals surface area contributed by atoms with Gasteiger partial charge >= 0.3 is 0 Å². The van der Waals surface area contributed by atoms with Crippen LogP contribution in [0.25, 0.3) is 0 Å². The van der Waals surface area contributed by atoms with Crippen molar-refractivity contribution in [1.82, 2.24) is 40.8 Å². The minimum Gasteiger partial charge on any atom is -0.346 e. The largest absolute Gasteiger partial charge is 0.346 e. The zero-order valence-corrected chi connectivity index (χ0v) is 29.3. The molecular weight excluding hydrogens is 640 g/mol. The lowest BCUT2D eigenvalue weighted by Crippen LogP contribution is -2.59. The summed E-state index contributed by atoms with van der Waals surface area (Å²) in [4.78, 5) is 84.8. The van der Waals surface area contributed by atoms with E-state index in [1.807, 2.05) is 36.4 Å². The number of rotatable bonds is 5. The zero-order chi connectivity index (χ0) is 36.5. The first-order valence-electron chi connectivity index (χ1n) is 16.6. The predicted octanol–water partition coefficient (Wildman–Crippen LogP) is 0.953. The Morgan fingerprint density at radius 2 is 1.46 bits per heavy atom. The Labute approximate surface area is 291 Å². The lowest BCUT2D eigenvalue weighted by Gasteiger charge is -2.33. The summed E-state index contributed by atoms with van der Waals surface area (Å²) in [5.41, 5.74) is 1.62. The first-order valence-corrected chi connectivity index (χ1v) is 16.6. The first-order chi connectivity index (χ1) is 23.8. The number of hydrogen-bond donors (Lipinski definition) is 4. The molecule has 4 N–H and O–H groups in total. The highest BCUT2D eigenvalue weighted by Gasteiger charge is 2.35. The van der Waals surface area contributed by atoms with E-state index in [0.717, 1.165) is 5.56 Å². The van der Waals surface area contributed by atoms with Crippen LogP contribution in [0.5, 0.6) is 0 Å². The number of amides is 6. The Balaban J connectivity index is 1.78. The van der Waals surface area contributed by atoms with Gasteiger partial charge in [-0.15, -0.1) is 0 Å². The number of nitrogens with zero attached hydrogens (tertiary/aromatic N) is 4. The van der Waals surface area contributed by atoms with Gasteiger partial charge in [0.1, 0.15) is 29.9 Å². The number of carbonyl (C=O) groups excluding carboxylic acids is 6. The van der Waals surface area contributed by atoms with Crippen LogP contribution in [0.4, 0.5) is 0 Å². The maximum atomic E-state index is 14.0. The number of aryl methyl sites for hydroxylation is 1. The summed E-state index contributed by atoms with van der Waals surface area (Å²) in [6.07, 6.45) is 1.57. The van der Waals surface area contributed by atoms with E-state index < -0.39 is 72.2 Å². The molecule has 1 aliphatic heterocycles. The van der Waals surface area contributed by atoms with Crippen molar-refractivity contribution in [2.45, 2.75) is 64.3 Å². The van der Waals surface area contributed by atoms with E-state index in [-0.39, 0.29) is 24.6 Å². The molecule has 1 saturated heterocycles. The normalized spacial score (nSPS) is 23.3. The van der Waals surface area contributed by atoms with Crippen molar-refractivity contribution < 1.29 is 28.8 Å². The molecule has 0 radical (unpaired) electrons. The number of nitrogens with one attached hydrogen (secondary N) is 4. The average molecular weight is 687 g/mol. The molecule has 0 aliphatic carbocycles. The lowest BCUT2D eigenvalue weighted by molar-refractivity contribution is -0.142. The molecule has 1 aliphatic rings. The summed E-state index contributed by atoms with van der Waals surface area (Å²) < 4.78 is 1.38. The molecular formula is C36H46N8O6. The highest BCUT2D eigenvalue weighted by Crippen LogP contribution is 2.18. The van der Waals surface area contributed by atoms with Crippen LogP contribution in [-0.2, 0) is 37.4 Å². The van der Waals surface area contributed by atoms with Gasteiger partial charge in [0, 0.05) is 33.3 Å². The van der Waals surface area contributed by atoms with Crippen molar-refractivity contribution in [3.8, 4) is 0 Å². The summed E-state index contributed by atoms with van der Waals surface area (Å²) in [5.74, 6) is -3.75. The second kappa shape index (κ2) is 16.7. The Bertz CT molecular complexity index is 1680. The maximum absolute atomic E-state index is 14.0. The molecule has 14 nitrogen and oxygen atoms in total. The van der Waals surface area contributed by atoms with Gasteiger partial charge in [-0.1, -0.05) is 74.5 Å². The van der Waals surface area contributed by atoms with Gasteiger partial charge < -0.3 is 31.1 Å². The molecule has 1 aromatic heterocycles.